The summed E-state index contributed by atoms with van der Waals surface area (Å²) in [5.41, 5.74) is 1.02. The van der Waals surface area contributed by atoms with Crippen LogP contribution in [-0.2, 0) is 0 Å². The molecular weight excluding hydrogens is 116 g/mol. The highest BCUT2D eigenvalue weighted by atomic mass is 16.3. The lowest BCUT2D eigenvalue weighted by Crippen LogP contribution is -2.19. The van der Waals surface area contributed by atoms with E-state index in [1.807, 2.05) is 13.8 Å². The molecule has 0 bridgehead atoms. The molecule has 0 radical (unpaired) electrons. The normalized spacial score (nSPS) is 16.6. The van der Waals surface area contributed by atoms with Gasteiger partial charge in [-0.3, -0.25) is 0 Å². The van der Waals surface area contributed by atoms with E-state index in [4.69, 9.17) is 10.2 Å². The molecular formula is C7H14O2. The molecule has 0 saturated carbocycles. The molecule has 0 aliphatic rings. The van der Waals surface area contributed by atoms with Crippen LogP contribution in [0.2, 0.25) is 0 Å². The Labute approximate surface area is 55.8 Å². The Hall–Kier alpha value is -0.340. The number of aliphatic hydroxyl groups is 2. The summed E-state index contributed by atoms with van der Waals surface area (Å²) >= 11 is 0. The van der Waals surface area contributed by atoms with Gasteiger partial charge >= 0.3 is 0 Å². The van der Waals surface area contributed by atoms with Gasteiger partial charge in [0.1, 0.15) is 0 Å². The van der Waals surface area contributed by atoms with Gasteiger partial charge in [0.2, 0.25) is 0 Å². The predicted molar refractivity (Wildman–Crippen MR) is 37.1 cm³/mol. The van der Waals surface area contributed by atoms with E-state index < -0.39 is 12.2 Å². The van der Waals surface area contributed by atoms with Crippen molar-refractivity contribution in [2.24, 2.45) is 0 Å². The van der Waals surface area contributed by atoms with Gasteiger partial charge in [-0.05, 0) is 20.8 Å². The minimum atomic E-state index is -0.713. The summed E-state index contributed by atoms with van der Waals surface area (Å²) in [6.07, 6.45) is 0.250. The maximum absolute atomic E-state index is 8.97. The van der Waals surface area contributed by atoms with Gasteiger partial charge in [-0.15, -0.1) is 0 Å². The van der Waals surface area contributed by atoms with Gasteiger partial charge in [0.05, 0.1) is 12.2 Å². The molecule has 0 unspecified atom stereocenters. The van der Waals surface area contributed by atoms with Crippen molar-refractivity contribution >= 4 is 0 Å². The van der Waals surface area contributed by atoms with E-state index in [0.717, 1.165) is 5.57 Å². The number of rotatable bonds is 2. The van der Waals surface area contributed by atoms with E-state index >= 15 is 0 Å². The fourth-order valence-electron chi connectivity index (χ4n) is 0.481. The van der Waals surface area contributed by atoms with Crippen LogP contribution < -0.4 is 0 Å². The first-order valence-corrected chi connectivity index (χ1v) is 3.05. The minimum absolute atomic E-state index is 0.667. The standard InChI is InChI=1S/C7H14O2/c1-5(2)4-7(9)6(3)8/h4,6-9H,1-3H3/t6-,7+/m0/s1. The maximum atomic E-state index is 8.97. The molecule has 0 aromatic carbocycles. The van der Waals surface area contributed by atoms with Gasteiger partial charge in [-0.1, -0.05) is 11.6 Å². The number of allylic oxidation sites excluding steroid dienone is 1. The second-order valence-corrected chi connectivity index (χ2v) is 2.48. The largest absolute Gasteiger partial charge is 0.390 e. The van der Waals surface area contributed by atoms with Crippen molar-refractivity contribution in [3.8, 4) is 0 Å². The second-order valence-electron chi connectivity index (χ2n) is 2.48. The summed E-state index contributed by atoms with van der Waals surface area (Å²) in [6.45, 7) is 5.32. The Kier molecular flexibility index (Phi) is 3.50. The van der Waals surface area contributed by atoms with E-state index in [2.05, 4.69) is 0 Å². The van der Waals surface area contributed by atoms with E-state index in [-0.39, 0.29) is 0 Å². The molecule has 54 valence electrons. The first-order chi connectivity index (χ1) is 4.04. The van der Waals surface area contributed by atoms with Crippen LogP contribution >= 0.6 is 0 Å². The van der Waals surface area contributed by atoms with Crippen molar-refractivity contribution in [1.82, 2.24) is 0 Å². The molecule has 2 heteroatoms. The Bertz CT molecular complexity index is 101. The van der Waals surface area contributed by atoms with Crippen molar-refractivity contribution in [1.29, 1.82) is 0 Å². The monoisotopic (exact) mass is 130 g/mol. The van der Waals surface area contributed by atoms with E-state index in [1.165, 1.54) is 0 Å². The summed E-state index contributed by atoms with van der Waals surface area (Å²) < 4.78 is 0. The molecule has 0 heterocycles. The molecule has 0 fully saturated rings. The first-order valence-electron chi connectivity index (χ1n) is 3.05. The molecule has 0 rings (SSSR count). The van der Waals surface area contributed by atoms with Gasteiger partial charge < -0.3 is 10.2 Å². The number of aliphatic hydroxyl groups excluding tert-OH is 2. The third kappa shape index (κ3) is 4.18. The van der Waals surface area contributed by atoms with Crippen molar-refractivity contribution < 1.29 is 10.2 Å². The predicted octanol–water partition coefficient (Wildman–Crippen LogP) is 0.694. The third-order valence-electron chi connectivity index (χ3n) is 0.998. The smallest absolute Gasteiger partial charge is 0.0979 e. The lowest BCUT2D eigenvalue weighted by molar-refractivity contribution is 0.0614. The van der Waals surface area contributed by atoms with E-state index in [0.29, 0.717) is 0 Å². The van der Waals surface area contributed by atoms with Crippen LogP contribution in [0.3, 0.4) is 0 Å². The average Bonchev–Trinajstić information content (AvgIpc) is 1.63. The second kappa shape index (κ2) is 3.64. The molecule has 0 amide bonds. The zero-order valence-corrected chi connectivity index (χ0v) is 6.13. The number of hydrogen-bond acceptors (Lipinski definition) is 2. The molecule has 0 aromatic heterocycles. The summed E-state index contributed by atoms with van der Waals surface area (Å²) in [4.78, 5) is 0. The van der Waals surface area contributed by atoms with Crippen LogP contribution in [0.1, 0.15) is 20.8 Å². The first kappa shape index (κ1) is 8.66. The highest BCUT2D eigenvalue weighted by Gasteiger charge is 2.05. The molecule has 0 saturated heterocycles. The van der Waals surface area contributed by atoms with Crippen molar-refractivity contribution in [3.05, 3.63) is 11.6 Å². The fraction of sp³-hybridized carbons (Fsp3) is 0.714. The Morgan fingerprint density at radius 1 is 1.33 bits per heavy atom. The van der Waals surface area contributed by atoms with Crippen LogP contribution in [0.5, 0.6) is 0 Å². The van der Waals surface area contributed by atoms with Crippen molar-refractivity contribution in [2.45, 2.75) is 33.0 Å². The van der Waals surface area contributed by atoms with Gasteiger partial charge in [-0.2, -0.15) is 0 Å². The quantitative estimate of drug-likeness (QED) is 0.540. The van der Waals surface area contributed by atoms with Gasteiger partial charge in [0.25, 0.3) is 0 Å². The van der Waals surface area contributed by atoms with Crippen molar-refractivity contribution in [2.75, 3.05) is 0 Å². The average molecular weight is 130 g/mol. The SMILES string of the molecule is CC(C)=C[C@@H](O)[C@H](C)O. The van der Waals surface area contributed by atoms with Crippen molar-refractivity contribution in [3.63, 3.8) is 0 Å². The lowest BCUT2D eigenvalue weighted by atomic mass is 10.2. The zero-order chi connectivity index (χ0) is 7.44. The Morgan fingerprint density at radius 3 is 1.89 bits per heavy atom. The molecule has 0 aromatic rings. The van der Waals surface area contributed by atoms with Gasteiger partial charge in [-0.25, -0.2) is 0 Å². The molecule has 9 heavy (non-hydrogen) atoms. The van der Waals surface area contributed by atoms with Crippen LogP contribution in [-0.4, -0.2) is 22.4 Å². The molecule has 2 N–H and O–H groups in total. The Morgan fingerprint density at radius 2 is 1.78 bits per heavy atom. The molecule has 0 spiro atoms. The summed E-state index contributed by atoms with van der Waals surface area (Å²) in [5.74, 6) is 0. The molecule has 0 aliphatic heterocycles. The summed E-state index contributed by atoms with van der Waals surface area (Å²) in [7, 11) is 0. The van der Waals surface area contributed by atoms with Crippen LogP contribution in [0, 0.1) is 0 Å². The van der Waals surface area contributed by atoms with Gasteiger partial charge in [0, 0.05) is 0 Å². The zero-order valence-electron chi connectivity index (χ0n) is 6.13. The highest BCUT2D eigenvalue weighted by Crippen LogP contribution is 1.98. The molecule has 2 nitrogen and oxygen atoms in total. The topological polar surface area (TPSA) is 40.5 Å². The summed E-state index contributed by atoms with van der Waals surface area (Å²) in [6, 6.07) is 0. The third-order valence-corrected chi connectivity index (χ3v) is 0.998. The van der Waals surface area contributed by atoms with Crippen LogP contribution in [0.4, 0.5) is 0 Å². The van der Waals surface area contributed by atoms with E-state index in [9.17, 15) is 0 Å². The van der Waals surface area contributed by atoms with E-state index in [1.54, 1.807) is 13.0 Å². The lowest BCUT2D eigenvalue weighted by Gasteiger charge is -2.08. The fourth-order valence-corrected chi connectivity index (χ4v) is 0.481. The Balaban J connectivity index is 3.76. The highest BCUT2D eigenvalue weighted by molar-refractivity contribution is 4.99. The van der Waals surface area contributed by atoms with Crippen LogP contribution in [0.15, 0.2) is 11.6 Å². The maximum Gasteiger partial charge on any atom is 0.0979 e. The van der Waals surface area contributed by atoms with Gasteiger partial charge in [0.15, 0.2) is 0 Å². The minimum Gasteiger partial charge on any atom is -0.390 e. The van der Waals surface area contributed by atoms with Crippen LogP contribution in [0.25, 0.3) is 0 Å². The molecule has 2 atom stereocenters. The summed E-state index contributed by atoms with van der Waals surface area (Å²) in [5, 5.41) is 17.7. The number of hydrogen-bond donors (Lipinski definition) is 2. The molecule has 0 aliphatic carbocycles.